The van der Waals surface area contributed by atoms with E-state index in [1.807, 2.05) is 24.3 Å². The quantitative estimate of drug-likeness (QED) is 0.629. The Morgan fingerprint density at radius 2 is 1.74 bits per heavy atom. The van der Waals surface area contributed by atoms with Crippen LogP contribution in [0.3, 0.4) is 0 Å². The summed E-state index contributed by atoms with van der Waals surface area (Å²) in [6.45, 7) is 3.81. The summed E-state index contributed by atoms with van der Waals surface area (Å²) in [5.74, 6) is 5.53. The summed E-state index contributed by atoms with van der Waals surface area (Å²) in [7, 11) is 0. The first-order chi connectivity index (χ1) is 17.0. The third kappa shape index (κ3) is 5.38. The molecule has 0 saturated carbocycles. The SMILES string of the molecule is O=C1CC=NC(CC(CO)c2ccc(C#Cc3ccc(CN4CC5(CCCO5)C4)cc3)cc2)=C1O. The van der Waals surface area contributed by atoms with Crippen molar-refractivity contribution in [3.63, 3.8) is 0 Å². The molecule has 35 heavy (non-hydrogen) atoms. The molecule has 180 valence electrons. The van der Waals surface area contributed by atoms with Crippen LogP contribution in [0.15, 0.2) is 65.0 Å². The lowest BCUT2D eigenvalue weighted by Crippen LogP contribution is -2.60. The topological polar surface area (TPSA) is 82.4 Å². The number of ether oxygens (including phenoxy) is 1. The molecular weight excluding hydrogens is 440 g/mol. The number of likely N-dealkylation sites (tertiary alicyclic amines) is 1. The van der Waals surface area contributed by atoms with E-state index in [-0.39, 0.29) is 36.1 Å². The summed E-state index contributed by atoms with van der Waals surface area (Å²) >= 11 is 0. The standard InChI is InChI=1S/C29H30N2O4/c32-18-25(16-26-28(34)27(33)12-14-30-26)24-10-8-22(9-11-24)3-2-21-4-6-23(7-5-21)17-31-19-29(20-31)13-1-15-35-29/h4-11,14,25,32,34H,1,12-13,15-20H2. The van der Waals surface area contributed by atoms with E-state index in [0.29, 0.717) is 12.1 Å². The van der Waals surface area contributed by atoms with Gasteiger partial charge in [0.25, 0.3) is 0 Å². The normalized spacial score (nSPS) is 20.0. The van der Waals surface area contributed by atoms with Gasteiger partial charge in [-0.05, 0) is 48.2 Å². The number of aliphatic hydroxyl groups is 2. The van der Waals surface area contributed by atoms with Gasteiger partial charge in [-0.2, -0.15) is 0 Å². The van der Waals surface area contributed by atoms with Crippen LogP contribution in [0.25, 0.3) is 0 Å². The average Bonchev–Trinajstić information content (AvgIpc) is 3.35. The van der Waals surface area contributed by atoms with Crippen molar-refractivity contribution in [3.05, 3.63) is 82.2 Å². The van der Waals surface area contributed by atoms with E-state index in [2.05, 4.69) is 46.0 Å². The van der Waals surface area contributed by atoms with Crippen LogP contribution in [0.4, 0.5) is 0 Å². The molecule has 6 nitrogen and oxygen atoms in total. The molecule has 0 bridgehead atoms. The van der Waals surface area contributed by atoms with Gasteiger partial charge in [0.1, 0.15) is 0 Å². The zero-order valence-electron chi connectivity index (χ0n) is 19.7. The molecule has 6 heteroatoms. The van der Waals surface area contributed by atoms with Crippen LogP contribution in [0.1, 0.15) is 53.9 Å². The van der Waals surface area contributed by atoms with Crippen molar-refractivity contribution in [2.75, 3.05) is 26.3 Å². The highest BCUT2D eigenvalue weighted by molar-refractivity contribution is 6.03. The van der Waals surface area contributed by atoms with Gasteiger partial charge in [-0.25, -0.2) is 0 Å². The number of hydrogen-bond acceptors (Lipinski definition) is 6. The molecule has 2 aromatic carbocycles. The van der Waals surface area contributed by atoms with E-state index >= 15 is 0 Å². The van der Waals surface area contributed by atoms with Gasteiger partial charge in [-0.15, -0.1) is 0 Å². The largest absolute Gasteiger partial charge is 0.503 e. The summed E-state index contributed by atoms with van der Waals surface area (Å²) in [4.78, 5) is 18.3. The minimum Gasteiger partial charge on any atom is -0.503 e. The molecule has 0 aromatic heterocycles. The fraction of sp³-hybridized carbons (Fsp3) is 0.379. The van der Waals surface area contributed by atoms with Crippen LogP contribution in [-0.4, -0.2) is 59.0 Å². The number of nitrogens with zero attached hydrogens (tertiary/aromatic N) is 2. The lowest BCUT2D eigenvalue weighted by molar-refractivity contribution is -0.117. The van der Waals surface area contributed by atoms with Crippen molar-refractivity contribution in [2.24, 2.45) is 4.99 Å². The highest BCUT2D eigenvalue weighted by Gasteiger charge is 2.45. The predicted molar refractivity (Wildman–Crippen MR) is 134 cm³/mol. The number of rotatable bonds is 6. The van der Waals surface area contributed by atoms with Crippen LogP contribution in [0.5, 0.6) is 0 Å². The van der Waals surface area contributed by atoms with Crippen molar-refractivity contribution < 1.29 is 19.7 Å². The van der Waals surface area contributed by atoms with Crippen LogP contribution in [0, 0.1) is 11.8 Å². The monoisotopic (exact) mass is 470 g/mol. The number of carbonyl (C=O) groups excluding carboxylic acids is 1. The van der Waals surface area contributed by atoms with Gasteiger partial charge >= 0.3 is 0 Å². The number of aliphatic hydroxyl groups excluding tert-OH is 2. The first-order valence-electron chi connectivity index (χ1n) is 12.2. The summed E-state index contributed by atoms with van der Waals surface area (Å²) in [5.41, 5.74) is 4.50. The van der Waals surface area contributed by atoms with E-state index in [1.54, 1.807) is 0 Å². The predicted octanol–water partition coefficient (Wildman–Crippen LogP) is 3.73. The number of allylic oxidation sites excluding steroid dienone is 2. The Bertz CT molecular complexity index is 1190. The second-order valence-electron chi connectivity index (χ2n) is 9.67. The van der Waals surface area contributed by atoms with E-state index in [9.17, 15) is 15.0 Å². The van der Waals surface area contributed by atoms with Crippen LogP contribution in [-0.2, 0) is 16.1 Å². The van der Waals surface area contributed by atoms with Gasteiger partial charge in [0.15, 0.2) is 5.76 Å². The van der Waals surface area contributed by atoms with Crippen LogP contribution >= 0.6 is 0 Å². The van der Waals surface area contributed by atoms with Crippen molar-refractivity contribution in [2.45, 2.75) is 43.7 Å². The Balaban J connectivity index is 1.17. The van der Waals surface area contributed by atoms with Crippen LogP contribution in [0.2, 0.25) is 0 Å². The Hall–Kier alpha value is -3.24. The third-order valence-corrected chi connectivity index (χ3v) is 7.02. The number of aliphatic imine (C=N–C) groups is 1. The zero-order chi connectivity index (χ0) is 24.3. The van der Waals surface area contributed by atoms with Crippen molar-refractivity contribution in [1.29, 1.82) is 0 Å². The van der Waals surface area contributed by atoms with Gasteiger partial charge in [-0.1, -0.05) is 36.1 Å². The molecule has 0 aliphatic carbocycles. The Labute approximate surface area is 206 Å². The maximum Gasteiger partial charge on any atom is 0.204 e. The van der Waals surface area contributed by atoms with Gasteiger partial charge in [0.2, 0.25) is 5.78 Å². The van der Waals surface area contributed by atoms with Gasteiger partial charge in [0.05, 0.1) is 17.9 Å². The first kappa shape index (κ1) is 23.5. The highest BCUT2D eigenvalue weighted by atomic mass is 16.5. The molecule has 0 amide bonds. The second-order valence-corrected chi connectivity index (χ2v) is 9.67. The average molecular weight is 471 g/mol. The molecule has 2 N–H and O–H groups in total. The Kier molecular flexibility index (Phi) is 6.83. The fourth-order valence-electron chi connectivity index (χ4n) is 5.05. The number of benzene rings is 2. The summed E-state index contributed by atoms with van der Waals surface area (Å²) in [5, 5.41) is 19.8. The number of ketones is 1. The number of carbonyl (C=O) groups is 1. The smallest absolute Gasteiger partial charge is 0.204 e. The molecule has 2 aromatic rings. The summed E-state index contributed by atoms with van der Waals surface area (Å²) in [6.07, 6.45) is 4.29. The Morgan fingerprint density at radius 1 is 1.06 bits per heavy atom. The minimum atomic E-state index is -0.335. The molecule has 1 unspecified atom stereocenters. The molecule has 3 heterocycles. The van der Waals surface area contributed by atoms with Gasteiger partial charge in [-0.3, -0.25) is 14.7 Å². The van der Waals surface area contributed by atoms with E-state index in [0.717, 1.165) is 42.9 Å². The maximum absolute atomic E-state index is 11.7. The maximum atomic E-state index is 11.7. The van der Waals surface area contributed by atoms with Gasteiger partial charge < -0.3 is 14.9 Å². The lowest BCUT2D eigenvalue weighted by atomic mass is 9.90. The highest BCUT2D eigenvalue weighted by Crippen LogP contribution is 2.35. The number of Topliss-reactive ketones (excluding diaryl/α,β-unsaturated/α-hetero) is 1. The molecule has 2 saturated heterocycles. The van der Waals surface area contributed by atoms with E-state index < -0.39 is 0 Å². The lowest BCUT2D eigenvalue weighted by Gasteiger charge is -2.47. The van der Waals surface area contributed by atoms with E-state index in [4.69, 9.17) is 4.74 Å². The molecule has 3 aliphatic rings. The summed E-state index contributed by atoms with van der Waals surface area (Å²) < 4.78 is 5.90. The van der Waals surface area contributed by atoms with Crippen molar-refractivity contribution >= 4 is 12.0 Å². The van der Waals surface area contributed by atoms with Gasteiger partial charge in [0, 0.05) is 62.3 Å². The molecular formula is C29H30N2O4. The third-order valence-electron chi connectivity index (χ3n) is 7.02. The molecule has 5 rings (SSSR count). The number of hydrogen-bond donors (Lipinski definition) is 2. The Morgan fingerprint density at radius 3 is 2.37 bits per heavy atom. The first-order valence-corrected chi connectivity index (χ1v) is 12.2. The second kappa shape index (κ2) is 10.2. The molecule has 2 fully saturated rings. The zero-order valence-corrected chi connectivity index (χ0v) is 19.7. The minimum absolute atomic E-state index is 0.108. The molecule has 1 spiro atoms. The summed E-state index contributed by atoms with van der Waals surface area (Å²) in [6, 6.07) is 16.1. The molecule has 3 aliphatic heterocycles. The fourth-order valence-corrected chi connectivity index (χ4v) is 5.05. The van der Waals surface area contributed by atoms with Crippen molar-refractivity contribution in [1.82, 2.24) is 4.90 Å². The van der Waals surface area contributed by atoms with Crippen molar-refractivity contribution in [3.8, 4) is 11.8 Å². The van der Waals surface area contributed by atoms with Crippen LogP contribution < -0.4 is 0 Å². The molecule has 0 radical (unpaired) electrons. The van der Waals surface area contributed by atoms with E-state index in [1.165, 1.54) is 24.6 Å². The molecule has 1 atom stereocenters.